The molecule has 1 heterocycles. The van der Waals surface area contributed by atoms with Gasteiger partial charge in [0.15, 0.2) is 0 Å². The molecule has 24 heavy (non-hydrogen) atoms. The van der Waals surface area contributed by atoms with Gasteiger partial charge in [0.1, 0.15) is 23.4 Å². The lowest BCUT2D eigenvalue weighted by atomic mass is 10.0. The van der Waals surface area contributed by atoms with E-state index in [2.05, 4.69) is 5.16 Å². The number of carbonyl (C=O) groups is 1. The van der Waals surface area contributed by atoms with E-state index < -0.39 is 11.8 Å². The van der Waals surface area contributed by atoms with Gasteiger partial charge in [-0.15, -0.1) is 0 Å². The number of benzene rings is 2. The quantitative estimate of drug-likeness (QED) is 0.638. The summed E-state index contributed by atoms with van der Waals surface area (Å²) in [6, 6.07) is 10.5. The van der Waals surface area contributed by atoms with Gasteiger partial charge in [0, 0.05) is 18.1 Å². The van der Waals surface area contributed by atoms with Crippen molar-refractivity contribution in [3.05, 3.63) is 59.4 Å². The Bertz CT molecular complexity index is 786. The van der Waals surface area contributed by atoms with E-state index >= 15 is 0 Å². The monoisotopic (exact) mass is 329 g/mol. The molecule has 124 valence electrons. The third kappa shape index (κ3) is 3.37. The van der Waals surface area contributed by atoms with Crippen molar-refractivity contribution in [2.45, 2.75) is 19.4 Å². The highest BCUT2D eigenvalue weighted by atomic mass is 19.1. The first kappa shape index (κ1) is 16.0. The summed E-state index contributed by atoms with van der Waals surface area (Å²) in [4.78, 5) is 17.0. The Morgan fingerprint density at radius 3 is 2.71 bits per heavy atom. The second kappa shape index (κ2) is 6.70. The molecule has 1 aliphatic heterocycles. The molecular formula is C18H16FNO4. The number of hydrogen-bond acceptors (Lipinski definition) is 5. The van der Waals surface area contributed by atoms with E-state index in [1.165, 1.54) is 24.3 Å². The maximum Gasteiger partial charge on any atom is 0.365 e. The topological polar surface area (TPSA) is 57.1 Å². The fourth-order valence-electron chi connectivity index (χ4n) is 2.43. The Labute approximate surface area is 138 Å². The lowest BCUT2D eigenvalue weighted by Crippen LogP contribution is -2.25. The van der Waals surface area contributed by atoms with Gasteiger partial charge in [0.25, 0.3) is 0 Å². The average Bonchev–Trinajstić information content (AvgIpc) is 2.59. The summed E-state index contributed by atoms with van der Waals surface area (Å²) in [6.07, 6.45) is 0.406. The number of methoxy groups -OCH3 is 1. The van der Waals surface area contributed by atoms with Crippen LogP contribution in [0.3, 0.4) is 0 Å². The smallest absolute Gasteiger partial charge is 0.365 e. The minimum atomic E-state index is -0.642. The first-order chi connectivity index (χ1) is 11.6. The summed E-state index contributed by atoms with van der Waals surface area (Å²) in [6.45, 7) is 1.90. The van der Waals surface area contributed by atoms with E-state index in [-0.39, 0.29) is 11.7 Å². The lowest BCUT2D eigenvalue weighted by Gasteiger charge is -2.24. The molecule has 0 aliphatic carbocycles. The van der Waals surface area contributed by atoms with Crippen LogP contribution in [-0.2, 0) is 4.84 Å². The van der Waals surface area contributed by atoms with Crippen LogP contribution in [0, 0.1) is 5.82 Å². The molecule has 0 saturated carbocycles. The maximum absolute atomic E-state index is 12.9. The van der Waals surface area contributed by atoms with Gasteiger partial charge in [-0.25, -0.2) is 9.18 Å². The summed E-state index contributed by atoms with van der Waals surface area (Å²) in [5.41, 5.74) is 1.60. The van der Waals surface area contributed by atoms with Crippen molar-refractivity contribution in [1.82, 2.24) is 0 Å². The van der Waals surface area contributed by atoms with Crippen molar-refractivity contribution < 1.29 is 23.5 Å². The second-order valence-electron chi connectivity index (χ2n) is 5.42. The van der Waals surface area contributed by atoms with E-state index in [1.54, 1.807) is 19.2 Å². The molecule has 2 aromatic rings. The SMILES string of the molecule is COc1ccc2c(c1)OC(C)CC2=NOC(=O)c1ccc(F)cc1. The zero-order chi connectivity index (χ0) is 17.1. The van der Waals surface area contributed by atoms with Gasteiger partial charge in [-0.05, 0) is 43.3 Å². The first-order valence-electron chi connectivity index (χ1n) is 7.45. The van der Waals surface area contributed by atoms with Gasteiger partial charge < -0.3 is 14.3 Å². The van der Waals surface area contributed by atoms with Crippen LogP contribution in [0.25, 0.3) is 0 Å². The molecule has 5 nitrogen and oxygen atoms in total. The molecule has 3 rings (SSSR count). The molecule has 0 bridgehead atoms. The van der Waals surface area contributed by atoms with Gasteiger partial charge in [0.05, 0.1) is 18.4 Å². The van der Waals surface area contributed by atoms with Crippen LogP contribution in [0.15, 0.2) is 47.6 Å². The maximum atomic E-state index is 12.9. The lowest BCUT2D eigenvalue weighted by molar-refractivity contribution is 0.0513. The average molecular weight is 329 g/mol. The largest absolute Gasteiger partial charge is 0.497 e. The second-order valence-corrected chi connectivity index (χ2v) is 5.42. The first-order valence-corrected chi connectivity index (χ1v) is 7.45. The number of fused-ring (bicyclic) bond motifs is 1. The minimum absolute atomic E-state index is 0.104. The molecule has 2 aromatic carbocycles. The van der Waals surface area contributed by atoms with Crippen LogP contribution >= 0.6 is 0 Å². The normalized spacial score (nSPS) is 17.8. The molecular weight excluding hydrogens is 313 g/mol. The number of nitrogens with zero attached hydrogens (tertiary/aromatic N) is 1. The van der Waals surface area contributed by atoms with Crippen LogP contribution in [-0.4, -0.2) is 24.9 Å². The van der Waals surface area contributed by atoms with Crippen LogP contribution in [0.1, 0.15) is 29.3 Å². The van der Waals surface area contributed by atoms with Gasteiger partial charge in [0.2, 0.25) is 0 Å². The highest BCUT2D eigenvalue weighted by Crippen LogP contribution is 2.31. The molecule has 1 aliphatic rings. The molecule has 0 saturated heterocycles. The van der Waals surface area contributed by atoms with Crippen LogP contribution in [0.5, 0.6) is 11.5 Å². The Morgan fingerprint density at radius 1 is 1.25 bits per heavy atom. The zero-order valence-electron chi connectivity index (χ0n) is 13.3. The fraction of sp³-hybridized carbons (Fsp3) is 0.222. The standard InChI is InChI=1S/C18H16FNO4/c1-11-9-16(15-8-7-14(22-2)10-17(15)23-11)20-24-18(21)12-3-5-13(19)6-4-12/h3-8,10-11H,9H2,1-2H3. The van der Waals surface area contributed by atoms with E-state index in [1.807, 2.05) is 13.0 Å². The summed E-state index contributed by atoms with van der Waals surface area (Å²) < 4.78 is 23.8. The molecule has 0 N–H and O–H groups in total. The Hall–Kier alpha value is -2.89. The summed E-state index contributed by atoms with van der Waals surface area (Å²) in [7, 11) is 1.58. The molecule has 0 fully saturated rings. The van der Waals surface area contributed by atoms with E-state index in [4.69, 9.17) is 14.3 Å². The molecule has 0 radical (unpaired) electrons. The van der Waals surface area contributed by atoms with E-state index in [9.17, 15) is 9.18 Å². The number of ether oxygens (including phenoxy) is 2. The molecule has 0 amide bonds. The van der Waals surface area contributed by atoms with Crippen molar-refractivity contribution in [1.29, 1.82) is 0 Å². The van der Waals surface area contributed by atoms with Crippen LogP contribution in [0.4, 0.5) is 4.39 Å². The van der Waals surface area contributed by atoms with E-state index in [0.29, 0.717) is 23.6 Å². The summed E-state index contributed by atoms with van der Waals surface area (Å²) in [5.74, 6) is 0.242. The van der Waals surface area contributed by atoms with Crippen molar-refractivity contribution in [2.75, 3.05) is 7.11 Å². The molecule has 1 atom stereocenters. The summed E-state index contributed by atoms with van der Waals surface area (Å²) in [5, 5.41) is 3.98. The predicted molar refractivity (Wildman–Crippen MR) is 86.1 cm³/mol. The van der Waals surface area contributed by atoms with Crippen molar-refractivity contribution in [3.8, 4) is 11.5 Å². The third-order valence-electron chi connectivity index (χ3n) is 3.63. The third-order valence-corrected chi connectivity index (χ3v) is 3.63. The minimum Gasteiger partial charge on any atom is -0.497 e. The van der Waals surface area contributed by atoms with Crippen LogP contribution in [0.2, 0.25) is 0 Å². The van der Waals surface area contributed by atoms with Gasteiger partial charge >= 0.3 is 5.97 Å². The number of halogens is 1. The van der Waals surface area contributed by atoms with Gasteiger partial charge in [-0.1, -0.05) is 5.16 Å². The summed E-state index contributed by atoms with van der Waals surface area (Å²) >= 11 is 0. The Kier molecular flexibility index (Phi) is 4.46. The van der Waals surface area contributed by atoms with E-state index in [0.717, 1.165) is 5.56 Å². The molecule has 0 spiro atoms. The van der Waals surface area contributed by atoms with Crippen molar-refractivity contribution in [2.24, 2.45) is 5.16 Å². The van der Waals surface area contributed by atoms with Crippen LogP contribution < -0.4 is 9.47 Å². The number of oxime groups is 1. The highest BCUT2D eigenvalue weighted by molar-refractivity contribution is 6.04. The number of rotatable bonds is 3. The van der Waals surface area contributed by atoms with Crippen molar-refractivity contribution >= 4 is 11.7 Å². The van der Waals surface area contributed by atoms with Gasteiger partial charge in [-0.2, -0.15) is 0 Å². The number of hydrogen-bond donors (Lipinski definition) is 0. The number of carbonyl (C=O) groups excluding carboxylic acids is 1. The zero-order valence-corrected chi connectivity index (χ0v) is 13.3. The van der Waals surface area contributed by atoms with Crippen molar-refractivity contribution in [3.63, 3.8) is 0 Å². The fourth-order valence-corrected chi connectivity index (χ4v) is 2.43. The van der Waals surface area contributed by atoms with Gasteiger partial charge in [-0.3, -0.25) is 0 Å². The molecule has 0 aromatic heterocycles. The Balaban J connectivity index is 1.83. The highest BCUT2D eigenvalue weighted by Gasteiger charge is 2.23. The molecule has 6 heteroatoms. The Morgan fingerprint density at radius 2 is 2.00 bits per heavy atom. The molecule has 1 unspecified atom stereocenters. The predicted octanol–water partition coefficient (Wildman–Crippen LogP) is 3.57.